The molecule has 1 N–H and O–H groups in total. The monoisotopic (exact) mass is 228 g/mol. The van der Waals surface area contributed by atoms with Crippen molar-refractivity contribution in [1.29, 1.82) is 0 Å². The first-order valence-electron chi connectivity index (χ1n) is 5.97. The van der Waals surface area contributed by atoms with Gasteiger partial charge >= 0.3 is 0 Å². The molecule has 0 unspecified atom stereocenters. The number of benzene rings is 1. The lowest BCUT2D eigenvalue weighted by Crippen LogP contribution is -2.43. The van der Waals surface area contributed by atoms with Gasteiger partial charge in [-0.15, -0.1) is 0 Å². The second-order valence-corrected chi connectivity index (χ2v) is 4.63. The molecule has 2 heteroatoms. The lowest BCUT2D eigenvalue weighted by Gasteiger charge is -2.29. The number of hydrogen-bond donors (Lipinski definition) is 1. The molecule has 1 fully saturated rings. The Labute approximate surface area is 102 Å². The van der Waals surface area contributed by atoms with Crippen molar-refractivity contribution in [2.75, 3.05) is 0 Å². The normalized spacial score (nSPS) is 28.4. The van der Waals surface area contributed by atoms with Crippen LogP contribution in [0.15, 0.2) is 30.3 Å². The van der Waals surface area contributed by atoms with Gasteiger partial charge in [0, 0.05) is 11.5 Å². The van der Waals surface area contributed by atoms with Gasteiger partial charge in [-0.25, -0.2) is 0 Å². The molecule has 0 radical (unpaired) electrons. The van der Waals surface area contributed by atoms with E-state index in [9.17, 15) is 9.90 Å². The van der Waals surface area contributed by atoms with Crippen molar-refractivity contribution in [3.05, 3.63) is 35.9 Å². The van der Waals surface area contributed by atoms with Crippen LogP contribution in [0.4, 0.5) is 0 Å². The van der Waals surface area contributed by atoms with Crippen molar-refractivity contribution >= 4 is 5.78 Å². The molecule has 0 saturated heterocycles. The molecule has 0 heterocycles. The van der Waals surface area contributed by atoms with E-state index in [-0.39, 0.29) is 11.7 Å². The van der Waals surface area contributed by atoms with Crippen molar-refractivity contribution < 1.29 is 9.90 Å². The first-order valence-corrected chi connectivity index (χ1v) is 5.97. The average molecular weight is 228 g/mol. The Morgan fingerprint density at radius 1 is 1.35 bits per heavy atom. The van der Waals surface area contributed by atoms with Crippen LogP contribution in [0, 0.1) is 17.8 Å². The van der Waals surface area contributed by atoms with Crippen LogP contribution in [-0.2, 0) is 4.79 Å². The predicted octanol–water partition coefficient (Wildman–Crippen LogP) is 2.16. The molecular weight excluding hydrogens is 212 g/mol. The molecule has 0 bridgehead atoms. The van der Waals surface area contributed by atoms with Crippen LogP contribution in [0.25, 0.3) is 0 Å². The van der Waals surface area contributed by atoms with Gasteiger partial charge < -0.3 is 5.11 Å². The first-order chi connectivity index (χ1) is 8.12. The molecule has 17 heavy (non-hydrogen) atoms. The fourth-order valence-corrected chi connectivity index (χ4v) is 2.15. The van der Waals surface area contributed by atoms with Crippen molar-refractivity contribution in [1.82, 2.24) is 0 Å². The maximum Gasteiger partial charge on any atom is 0.184 e. The van der Waals surface area contributed by atoms with Crippen molar-refractivity contribution in [2.24, 2.45) is 5.92 Å². The summed E-state index contributed by atoms with van der Waals surface area (Å²) in [4.78, 5) is 11.9. The Morgan fingerprint density at radius 3 is 2.76 bits per heavy atom. The van der Waals surface area contributed by atoms with E-state index in [1.807, 2.05) is 37.3 Å². The number of hydrogen-bond acceptors (Lipinski definition) is 2. The summed E-state index contributed by atoms with van der Waals surface area (Å²) in [5.74, 6) is 5.42. The fraction of sp³-hybridized carbons (Fsp3) is 0.400. The van der Waals surface area contributed by atoms with Gasteiger partial charge in [0.1, 0.15) is 0 Å². The quantitative estimate of drug-likeness (QED) is 0.691. The summed E-state index contributed by atoms with van der Waals surface area (Å²) in [6.07, 6.45) is 2.16. The van der Waals surface area contributed by atoms with Crippen molar-refractivity contribution in [2.45, 2.75) is 31.8 Å². The Morgan fingerprint density at radius 2 is 2.06 bits per heavy atom. The molecule has 0 spiro atoms. The van der Waals surface area contributed by atoms with Crippen LogP contribution in [-0.4, -0.2) is 16.5 Å². The van der Waals surface area contributed by atoms with E-state index in [4.69, 9.17) is 0 Å². The van der Waals surface area contributed by atoms with Gasteiger partial charge in [0.25, 0.3) is 0 Å². The lowest BCUT2D eigenvalue weighted by atomic mass is 9.78. The van der Waals surface area contributed by atoms with E-state index < -0.39 is 5.60 Å². The number of ketones is 1. The summed E-state index contributed by atoms with van der Waals surface area (Å²) >= 11 is 0. The van der Waals surface area contributed by atoms with Gasteiger partial charge in [0.2, 0.25) is 0 Å². The first kappa shape index (κ1) is 11.9. The number of Topliss-reactive ketones (excluding diaryl/α,β-unsaturated/α-hetero) is 1. The Hall–Kier alpha value is -1.59. The molecule has 2 atom stereocenters. The molecule has 2 nitrogen and oxygen atoms in total. The second-order valence-electron chi connectivity index (χ2n) is 4.63. The molecule has 0 aliphatic heterocycles. The molecule has 1 aromatic carbocycles. The molecule has 0 aromatic heterocycles. The highest BCUT2D eigenvalue weighted by atomic mass is 16.3. The van der Waals surface area contributed by atoms with Crippen LogP contribution < -0.4 is 0 Å². The predicted molar refractivity (Wildman–Crippen MR) is 66.3 cm³/mol. The zero-order valence-electron chi connectivity index (χ0n) is 9.94. The van der Waals surface area contributed by atoms with Crippen LogP contribution in [0.5, 0.6) is 0 Å². The van der Waals surface area contributed by atoms with Crippen molar-refractivity contribution in [3.63, 3.8) is 0 Å². The standard InChI is InChI=1S/C15H16O2/c1-12-6-5-10-15(17,14(12)16)11-9-13-7-3-2-4-8-13/h2-4,7-8,12,17H,5-6,10H2,1H3/t12-,15+/m0/s1. The third kappa shape index (κ3) is 2.57. The summed E-state index contributed by atoms with van der Waals surface area (Å²) in [6.45, 7) is 1.86. The molecule has 1 aliphatic rings. The van der Waals surface area contributed by atoms with E-state index in [0.29, 0.717) is 6.42 Å². The molecule has 1 aromatic rings. The lowest BCUT2D eigenvalue weighted by molar-refractivity contribution is -0.139. The third-order valence-corrected chi connectivity index (χ3v) is 3.22. The van der Waals surface area contributed by atoms with Gasteiger partial charge in [0.15, 0.2) is 11.4 Å². The van der Waals surface area contributed by atoms with E-state index in [0.717, 1.165) is 18.4 Å². The van der Waals surface area contributed by atoms with Crippen LogP contribution in [0.2, 0.25) is 0 Å². The highest BCUT2D eigenvalue weighted by molar-refractivity contribution is 5.92. The van der Waals surface area contributed by atoms with E-state index in [2.05, 4.69) is 11.8 Å². The summed E-state index contributed by atoms with van der Waals surface area (Å²) in [5, 5.41) is 10.2. The maximum atomic E-state index is 11.9. The van der Waals surface area contributed by atoms with E-state index in [1.54, 1.807) is 0 Å². The molecule has 1 saturated carbocycles. The summed E-state index contributed by atoms with van der Waals surface area (Å²) < 4.78 is 0. The minimum absolute atomic E-state index is 0.0844. The summed E-state index contributed by atoms with van der Waals surface area (Å²) in [6, 6.07) is 9.42. The minimum Gasteiger partial charge on any atom is -0.371 e. The fourth-order valence-electron chi connectivity index (χ4n) is 2.15. The second kappa shape index (κ2) is 4.73. The average Bonchev–Trinajstić information content (AvgIpc) is 2.35. The topological polar surface area (TPSA) is 37.3 Å². The maximum absolute atomic E-state index is 11.9. The van der Waals surface area contributed by atoms with Gasteiger partial charge in [0.05, 0.1) is 0 Å². The highest BCUT2D eigenvalue weighted by Crippen LogP contribution is 2.28. The summed E-state index contributed by atoms with van der Waals surface area (Å²) in [7, 11) is 0. The van der Waals surface area contributed by atoms with Gasteiger partial charge in [-0.2, -0.15) is 0 Å². The Kier molecular flexibility index (Phi) is 3.31. The largest absolute Gasteiger partial charge is 0.371 e. The smallest absolute Gasteiger partial charge is 0.184 e. The summed E-state index contributed by atoms with van der Waals surface area (Å²) in [5.41, 5.74) is -0.611. The van der Waals surface area contributed by atoms with E-state index >= 15 is 0 Å². The van der Waals surface area contributed by atoms with E-state index in [1.165, 1.54) is 0 Å². The SMILES string of the molecule is C[C@H]1CCC[C@@](O)(C#Cc2ccccc2)C1=O. The molecular formula is C15H16O2. The number of aliphatic hydroxyl groups is 1. The molecule has 88 valence electrons. The van der Waals surface area contributed by atoms with Crippen molar-refractivity contribution in [3.8, 4) is 11.8 Å². The Bertz CT molecular complexity index is 467. The van der Waals surface area contributed by atoms with Crippen LogP contribution in [0.1, 0.15) is 31.7 Å². The van der Waals surface area contributed by atoms with Crippen LogP contribution >= 0.6 is 0 Å². The number of rotatable bonds is 0. The van der Waals surface area contributed by atoms with Gasteiger partial charge in [-0.3, -0.25) is 4.79 Å². The molecule has 2 rings (SSSR count). The Balaban J connectivity index is 2.23. The zero-order valence-corrected chi connectivity index (χ0v) is 9.94. The number of carbonyl (C=O) groups is 1. The highest BCUT2D eigenvalue weighted by Gasteiger charge is 2.39. The molecule has 0 amide bonds. The number of carbonyl (C=O) groups excluding carboxylic acids is 1. The van der Waals surface area contributed by atoms with Gasteiger partial charge in [-0.1, -0.05) is 37.0 Å². The third-order valence-electron chi connectivity index (χ3n) is 3.22. The van der Waals surface area contributed by atoms with Gasteiger partial charge in [-0.05, 0) is 31.4 Å². The molecule has 1 aliphatic carbocycles. The minimum atomic E-state index is -1.44. The zero-order chi connectivity index (χ0) is 12.3. The van der Waals surface area contributed by atoms with Crippen LogP contribution in [0.3, 0.4) is 0 Å².